The first-order valence-corrected chi connectivity index (χ1v) is 8.75. The molecule has 0 spiro atoms. The maximum atomic E-state index is 12.6. The van der Waals surface area contributed by atoms with Crippen molar-refractivity contribution in [3.8, 4) is 11.5 Å². The fraction of sp³-hybridized carbons (Fsp3) is 0.389. The summed E-state index contributed by atoms with van der Waals surface area (Å²) < 4.78 is 1.46. The molecule has 0 unspecified atom stereocenters. The van der Waals surface area contributed by atoms with Crippen LogP contribution < -0.4 is 10.9 Å². The minimum atomic E-state index is -0.657. The van der Waals surface area contributed by atoms with Gasteiger partial charge in [-0.3, -0.25) is 14.7 Å². The standard InChI is InChI=1S/C18H21N5O3/c1-11-9-15(26)23-16(12-5-6-13(24)14(25)10-12)20-17(21-18(23)19-11)22-7-3-2-4-8-22/h5-6,9-10,16,24-25H,2-4,7-8H2,1H3,(H,19,20,21)/t16-/m0/s1. The molecule has 2 aliphatic heterocycles. The third kappa shape index (κ3) is 2.87. The number of aromatic hydroxyl groups is 2. The first-order chi connectivity index (χ1) is 12.5. The van der Waals surface area contributed by atoms with E-state index in [1.54, 1.807) is 13.0 Å². The first-order valence-electron chi connectivity index (χ1n) is 8.75. The van der Waals surface area contributed by atoms with Crippen molar-refractivity contribution in [1.82, 2.24) is 14.5 Å². The van der Waals surface area contributed by atoms with Crippen molar-refractivity contribution in [2.45, 2.75) is 32.4 Å². The monoisotopic (exact) mass is 355 g/mol. The van der Waals surface area contributed by atoms with E-state index in [1.807, 2.05) is 0 Å². The Bertz CT molecular complexity index is 931. The molecule has 0 aliphatic carbocycles. The van der Waals surface area contributed by atoms with Crippen molar-refractivity contribution in [1.29, 1.82) is 0 Å². The van der Waals surface area contributed by atoms with Gasteiger partial charge in [0.15, 0.2) is 17.7 Å². The number of nitrogens with one attached hydrogen (secondary N) is 1. The second-order valence-electron chi connectivity index (χ2n) is 6.68. The summed E-state index contributed by atoms with van der Waals surface area (Å²) in [7, 11) is 0. The number of nitrogens with zero attached hydrogens (tertiary/aromatic N) is 4. The Balaban J connectivity index is 1.84. The van der Waals surface area contributed by atoms with Crippen molar-refractivity contribution in [2.24, 2.45) is 4.99 Å². The summed E-state index contributed by atoms with van der Waals surface area (Å²) in [5.41, 5.74) is 1.00. The van der Waals surface area contributed by atoms with Crippen molar-refractivity contribution >= 4 is 11.9 Å². The van der Waals surface area contributed by atoms with Gasteiger partial charge >= 0.3 is 0 Å². The number of hydrogen-bond acceptors (Lipinski definition) is 7. The molecular formula is C18H21N5O3. The van der Waals surface area contributed by atoms with Crippen LogP contribution in [0, 0.1) is 6.92 Å². The molecule has 4 rings (SSSR count). The number of aromatic nitrogens is 2. The van der Waals surface area contributed by atoms with Crippen LogP contribution in [0.4, 0.5) is 5.95 Å². The number of benzene rings is 1. The number of aliphatic imine (C=N–C) groups is 1. The zero-order valence-corrected chi connectivity index (χ0v) is 14.5. The van der Waals surface area contributed by atoms with Gasteiger partial charge in [0, 0.05) is 30.4 Å². The SMILES string of the molecule is Cc1cc(=O)n2c(n1)NC(N1CCCCC1)=N[C@@H]2c1ccc(O)c(O)c1. The lowest BCUT2D eigenvalue weighted by Crippen LogP contribution is -2.45. The highest BCUT2D eigenvalue weighted by Gasteiger charge is 2.28. The van der Waals surface area contributed by atoms with E-state index in [0.717, 1.165) is 25.9 Å². The van der Waals surface area contributed by atoms with E-state index >= 15 is 0 Å². The molecular weight excluding hydrogens is 334 g/mol. The number of phenols is 2. The minimum Gasteiger partial charge on any atom is -0.504 e. The Morgan fingerprint density at radius 2 is 1.88 bits per heavy atom. The number of likely N-dealkylation sites (tertiary alicyclic amines) is 1. The van der Waals surface area contributed by atoms with Crippen LogP contribution in [0.1, 0.15) is 36.7 Å². The summed E-state index contributed by atoms with van der Waals surface area (Å²) in [5.74, 6) is 0.658. The minimum absolute atomic E-state index is 0.211. The topological polar surface area (TPSA) is 103 Å². The Morgan fingerprint density at radius 3 is 2.62 bits per heavy atom. The predicted octanol–water partition coefficient (Wildman–Crippen LogP) is 1.78. The van der Waals surface area contributed by atoms with Gasteiger partial charge in [0.2, 0.25) is 11.9 Å². The zero-order chi connectivity index (χ0) is 18.3. The van der Waals surface area contributed by atoms with E-state index in [9.17, 15) is 15.0 Å². The number of fused-ring (bicyclic) bond motifs is 1. The van der Waals surface area contributed by atoms with E-state index in [1.165, 1.54) is 29.2 Å². The van der Waals surface area contributed by atoms with Gasteiger partial charge < -0.3 is 15.1 Å². The number of phenolic OH excluding ortho intramolecular Hbond substituents is 2. The summed E-state index contributed by atoms with van der Waals surface area (Å²) in [6.07, 6.45) is 2.74. The number of hydrogen-bond donors (Lipinski definition) is 3. The molecule has 1 aromatic carbocycles. The lowest BCUT2D eigenvalue weighted by atomic mass is 10.1. The molecule has 0 saturated carbocycles. The normalized spacial score (nSPS) is 19.5. The van der Waals surface area contributed by atoms with Gasteiger partial charge in [-0.25, -0.2) is 9.98 Å². The second-order valence-corrected chi connectivity index (χ2v) is 6.68. The van der Waals surface area contributed by atoms with Gasteiger partial charge in [0.05, 0.1) is 0 Å². The molecule has 136 valence electrons. The molecule has 3 heterocycles. The van der Waals surface area contributed by atoms with Crippen LogP contribution in [0.5, 0.6) is 11.5 Å². The van der Waals surface area contributed by atoms with Gasteiger partial charge in [-0.2, -0.15) is 0 Å². The van der Waals surface area contributed by atoms with Crippen LogP contribution in [0.2, 0.25) is 0 Å². The Hall–Kier alpha value is -3.03. The van der Waals surface area contributed by atoms with Crippen LogP contribution in [0.3, 0.4) is 0 Å². The van der Waals surface area contributed by atoms with E-state index in [4.69, 9.17) is 4.99 Å². The second kappa shape index (κ2) is 6.36. The molecule has 8 nitrogen and oxygen atoms in total. The Morgan fingerprint density at radius 1 is 1.12 bits per heavy atom. The molecule has 8 heteroatoms. The smallest absolute Gasteiger partial charge is 0.257 e. The van der Waals surface area contributed by atoms with E-state index < -0.39 is 6.17 Å². The predicted molar refractivity (Wildman–Crippen MR) is 97.6 cm³/mol. The van der Waals surface area contributed by atoms with Crippen molar-refractivity contribution < 1.29 is 10.2 Å². The number of rotatable bonds is 1. The van der Waals surface area contributed by atoms with E-state index in [0.29, 0.717) is 23.2 Å². The highest BCUT2D eigenvalue weighted by molar-refractivity contribution is 5.93. The number of aryl methyl sites for hydroxylation is 1. The summed E-state index contributed by atoms with van der Waals surface area (Å²) in [5, 5.41) is 22.7. The molecule has 0 radical (unpaired) electrons. The van der Waals surface area contributed by atoms with Gasteiger partial charge in [-0.05, 0) is 38.3 Å². The number of anilines is 1. The Kier molecular flexibility index (Phi) is 4.02. The lowest BCUT2D eigenvalue weighted by molar-refractivity contribution is 0.335. The molecule has 26 heavy (non-hydrogen) atoms. The number of guanidine groups is 1. The van der Waals surface area contributed by atoms with Crippen LogP contribution in [-0.4, -0.2) is 43.7 Å². The van der Waals surface area contributed by atoms with Crippen LogP contribution in [0.25, 0.3) is 0 Å². The van der Waals surface area contributed by atoms with E-state index in [-0.39, 0.29) is 17.1 Å². The summed E-state index contributed by atoms with van der Waals surface area (Å²) in [6.45, 7) is 3.57. The van der Waals surface area contributed by atoms with Crippen LogP contribution >= 0.6 is 0 Å². The molecule has 3 N–H and O–H groups in total. The highest BCUT2D eigenvalue weighted by Crippen LogP contribution is 2.32. The lowest BCUT2D eigenvalue weighted by Gasteiger charge is -2.34. The third-order valence-corrected chi connectivity index (χ3v) is 4.75. The largest absolute Gasteiger partial charge is 0.504 e. The zero-order valence-electron chi connectivity index (χ0n) is 14.5. The van der Waals surface area contributed by atoms with Gasteiger partial charge in [0.25, 0.3) is 5.56 Å². The average Bonchev–Trinajstić information content (AvgIpc) is 2.63. The molecule has 1 fully saturated rings. The van der Waals surface area contributed by atoms with Crippen LogP contribution in [0.15, 0.2) is 34.1 Å². The molecule has 2 aliphatic rings. The van der Waals surface area contributed by atoms with Crippen molar-refractivity contribution in [2.75, 3.05) is 18.4 Å². The summed E-state index contributed by atoms with van der Waals surface area (Å²) in [6, 6.07) is 5.94. The fourth-order valence-electron chi connectivity index (χ4n) is 3.43. The van der Waals surface area contributed by atoms with E-state index in [2.05, 4.69) is 15.2 Å². The maximum Gasteiger partial charge on any atom is 0.257 e. The quantitative estimate of drug-likeness (QED) is 0.674. The fourth-order valence-corrected chi connectivity index (χ4v) is 3.43. The average molecular weight is 355 g/mol. The molecule has 1 atom stereocenters. The van der Waals surface area contributed by atoms with Gasteiger partial charge in [-0.1, -0.05) is 6.07 Å². The van der Waals surface area contributed by atoms with Crippen molar-refractivity contribution in [3.05, 3.63) is 45.9 Å². The van der Waals surface area contributed by atoms with Crippen LogP contribution in [-0.2, 0) is 0 Å². The molecule has 0 amide bonds. The summed E-state index contributed by atoms with van der Waals surface area (Å²) in [4.78, 5) is 24.0. The summed E-state index contributed by atoms with van der Waals surface area (Å²) >= 11 is 0. The molecule has 1 aromatic heterocycles. The van der Waals surface area contributed by atoms with Gasteiger partial charge in [0.1, 0.15) is 0 Å². The number of piperidine rings is 1. The molecule has 1 saturated heterocycles. The molecule has 2 aromatic rings. The molecule has 0 bridgehead atoms. The van der Waals surface area contributed by atoms with Gasteiger partial charge in [-0.15, -0.1) is 0 Å². The third-order valence-electron chi connectivity index (χ3n) is 4.75. The first kappa shape index (κ1) is 16.4. The van der Waals surface area contributed by atoms with Crippen molar-refractivity contribution in [3.63, 3.8) is 0 Å². The Labute approximate surface area is 150 Å². The maximum absolute atomic E-state index is 12.6. The highest BCUT2D eigenvalue weighted by atomic mass is 16.3.